The molecule has 1 aliphatic heterocycles. The predicted octanol–water partition coefficient (Wildman–Crippen LogP) is 2.90. The minimum Gasteiger partial charge on any atom is -0.329 e. The molecule has 1 saturated heterocycles. The molecule has 1 heterocycles. The second-order valence-corrected chi connectivity index (χ2v) is 7.03. The van der Waals surface area contributed by atoms with Gasteiger partial charge in [-0.1, -0.05) is 17.7 Å². The van der Waals surface area contributed by atoms with Gasteiger partial charge in [-0.05, 0) is 38.5 Å². The van der Waals surface area contributed by atoms with Crippen LogP contribution in [0.25, 0.3) is 0 Å². The number of piperazine rings is 1. The van der Waals surface area contributed by atoms with Crippen molar-refractivity contribution in [3.63, 3.8) is 0 Å². The van der Waals surface area contributed by atoms with Crippen LogP contribution in [-0.2, 0) is 0 Å². The summed E-state index contributed by atoms with van der Waals surface area (Å²) in [5, 5.41) is 0.159. The lowest BCUT2D eigenvalue weighted by Gasteiger charge is -2.44. The zero-order chi connectivity index (χ0) is 15.6. The Hall–Kier alpha value is -0.680. The molecule has 1 aliphatic rings. The van der Waals surface area contributed by atoms with E-state index in [1.54, 1.807) is 6.07 Å². The number of hydrogen-bond acceptors (Lipinski definition) is 3. The second-order valence-electron chi connectivity index (χ2n) is 6.62. The molecule has 5 heteroatoms. The first kappa shape index (κ1) is 16.7. The number of halogens is 2. The monoisotopic (exact) mass is 313 g/mol. The highest BCUT2D eigenvalue weighted by atomic mass is 35.5. The van der Waals surface area contributed by atoms with Gasteiger partial charge in [-0.2, -0.15) is 0 Å². The van der Waals surface area contributed by atoms with Crippen molar-refractivity contribution in [2.24, 2.45) is 5.73 Å². The standard InChI is InChI=1S/C16H25ClFN3/c1-16(2,3)21-8-6-20(7-9-21)15(11-19)12-4-5-13(17)14(18)10-12/h4-5,10,15H,6-9,11,19H2,1-3H3. The Bertz CT molecular complexity index is 479. The van der Waals surface area contributed by atoms with Crippen LogP contribution in [0, 0.1) is 5.82 Å². The molecule has 0 aromatic heterocycles. The maximum atomic E-state index is 13.7. The van der Waals surface area contributed by atoms with Gasteiger partial charge >= 0.3 is 0 Å². The van der Waals surface area contributed by atoms with Gasteiger partial charge in [-0.15, -0.1) is 0 Å². The largest absolute Gasteiger partial charge is 0.329 e. The minimum absolute atomic E-state index is 0.0545. The normalized spacial score (nSPS) is 19.7. The molecule has 0 aliphatic carbocycles. The molecule has 2 N–H and O–H groups in total. The molecule has 0 saturated carbocycles. The van der Waals surface area contributed by atoms with E-state index in [2.05, 4.69) is 30.6 Å². The first-order valence-electron chi connectivity index (χ1n) is 7.47. The quantitative estimate of drug-likeness (QED) is 0.931. The Morgan fingerprint density at radius 3 is 2.33 bits per heavy atom. The van der Waals surface area contributed by atoms with Gasteiger partial charge in [0.1, 0.15) is 5.82 Å². The van der Waals surface area contributed by atoms with E-state index in [4.69, 9.17) is 17.3 Å². The molecule has 0 spiro atoms. The summed E-state index contributed by atoms with van der Waals surface area (Å²) in [6.45, 7) is 11.1. The van der Waals surface area contributed by atoms with Gasteiger partial charge in [0.25, 0.3) is 0 Å². The van der Waals surface area contributed by atoms with Crippen LogP contribution >= 0.6 is 11.6 Å². The van der Waals surface area contributed by atoms with Crippen molar-refractivity contribution in [1.82, 2.24) is 9.80 Å². The fourth-order valence-corrected chi connectivity index (χ4v) is 3.04. The maximum Gasteiger partial charge on any atom is 0.142 e. The molecule has 2 rings (SSSR count). The number of hydrogen-bond donors (Lipinski definition) is 1. The van der Waals surface area contributed by atoms with Crippen molar-refractivity contribution < 1.29 is 4.39 Å². The lowest BCUT2D eigenvalue weighted by molar-refractivity contribution is 0.0433. The van der Waals surface area contributed by atoms with Crippen LogP contribution in [0.3, 0.4) is 0 Å². The molecule has 1 aromatic rings. The third kappa shape index (κ3) is 3.95. The Labute approximate surface area is 131 Å². The van der Waals surface area contributed by atoms with Crippen molar-refractivity contribution in [1.29, 1.82) is 0 Å². The summed E-state index contributed by atoms with van der Waals surface area (Å²) < 4.78 is 13.7. The van der Waals surface area contributed by atoms with Crippen LogP contribution in [0.4, 0.5) is 4.39 Å². The van der Waals surface area contributed by atoms with E-state index in [9.17, 15) is 4.39 Å². The van der Waals surface area contributed by atoms with Crippen molar-refractivity contribution in [3.8, 4) is 0 Å². The van der Waals surface area contributed by atoms with Gasteiger partial charge in [0.15, 0.2) is 0 Å². The lowest BCUT2D eigenvalue weighted by atomic mass is 10.0. The van der Waals surface area contributed by atoms with Crippen molar-refractivity contribution in [2.45, 2.75) is 32.4 Å². The minimum atomic E-state index is -0.374. The van der Waals surface area contributed by atoms with E-state index in [-0.39, 0.29) is 22.4 Å². The Morgan fingerprint density at radius 1 is 1.24 bits per heavy atom. The van der Waals surface area contributed by atoms with Gasteiger partial charge < -0.3 is 5.73 Å². The summed E-state index contributed by atoms with van der Waals surface area (Å²) in [7, 11) is 0. The first-order chi connectivity index (χ1) is 9.82. The third-order valence-electron chi connectivity index (χ3n) is 4.26. The SMILES string of the molecule is CC(C)(C)N1CCN(C(CN)c2ccc(Cl)c(F)c2)CC1. The van der Waals surface area contributed by atoms with Crippen LogP contribution in [0.1, 0.15) is 32.4 Å². The van der Waals surface area contributed by atoms with E-state index in [0.29, 0.717) is 6.54 Å². The van der Waals surface area contributed by atoms with E-state index >= 15 is 0 Å². The first-order valence-corrected chi connectivity index (χ1v) is 7.85. The van der Waals surface area contributed by atoms with E-state index in [1.807, 2.05) is 6.07 Å². The van der Waals surface area contributed by atoms with Crippen LogP contribution in [0.15, 0.2) is 18.2 Å². The Morgan fingerprint density at radius 2 is 1.86 bits per heavy atom. The van der Waals surface area contributed by atoms with E-state index in [0.717, 1.165) is 31.7 Å². The van der Waals surface area contributed by atoms with Crippen LogP contribution < -0.4 is 5.73 Å². The average molecular weight is 314 g/mol. The molecular weight excluding hydrogens is 289 g/mol. The van der Waals surface area contributed by atoms with Crippen LogP contribution in [0.5, 0.6) is 0 Å². The smallest absolute Gasteiger partial charge is 0.142 e. The molecule has 0 amide bonds. The van der Waals surface area contributed by atoms with Gasteiger partial charge in [-0.25, -0.2) is 4.39 Å². The summed E-state index contributed by atoms with van der Waals surface area (Å²) in [6.07, 6.45) is 0. The summed E-state index contributed by atoms with van der Waals surface area (Å²) in [6, 6.07) is 5.05. The molecule has 1 aromatic carbocycles. The van der Waals surface area contributed by atoms with Crippen LogP contribution in [-0.4, -0.2) is 48.1 Å². The predicted molar refractivity (Wildman–Crippen MR) is 86.1 cm³/mol. The fourth-order valence-electron chi connectivity index (χ4n) is 2.92. The molecule has 1 atom stereocenters. The highest BCUT2D eigenvalue weighted by Crippen LogP contribution is 2.26. The lowest BCUT2D eigenvalue weighted by Crippen LogP contribution is -2.54. The second kappa shape index (κ2) is 6.61. The third-order valence-corrected chi connectivity index (χ3v) is 4.56. The number of nitrogens with zero attached hydrogens (tertiary/aromatic N) is 2. The van der Waals surface area contributed by atoms with Gasteiger partial charge in [0.2, 0.25) is 0 Å². The molecule has 1 fully saturated rings. The van der Waals surface area contributed by atoms with Crippen LogP contribution in [0.2, 0.25) is 5.02 Å². The molecule has 21 heavy (non-hydrogen) atoms. The Balaban J connectivity index is 2.07. The zero-order valence-corrected chi connectivity index (χ0v) is 13.8. The van der Waals surface area contributed by atoms with Crippen molar-refractivity contribution in [2.75, 3.05) is 32.7 Å². The van der Waals surface area contributed by atoms with Gasteiger partial charge in [0, 0.05) is 44.3 Å². The summed E-state index contributed by atoms with van der Waals surface area (Å²) >= 11 is 5.76. The van der Waals surface area contributed by atoms with E-state index < -0.39 is 0 Å². The summed E-state index contributed by atoms with van der Waals surface area (Å²) in [4.78, 5) is 4.81. The number of nitrogens with two attached hydrogens (primary N) is 1. The number of benzene rings is 1. The zero-order valence-electron chi connectivity index (χ0n) is 13.1. The summed E-state index contributed by atoms with van der Waals surface area (Å²) in [5.41, 5.74) is 7.03. The highest BCUT2D eigenvalue weighted by Gasteiger charge is 2.29. The highest BCUT2D eigenvalue weighted by molar-refractivity contribution is 6.30. The molecular formula is C16H25ClFN3. The Kier molecular flexibility index (Phi) is 5.25. The fraction of sp³-hybridized carbons (Fsp3) is 0.625. The molecule has 118 valence electrons. The topological polar surface area (TPSA) is 32.5 Å². The molecule has 0 radical (unpaired) electrons. The van der Waals surface area contributed by atoms with Gasteiger partial charge in [-0.3, -0.25) is 9.80 Å². The average Bonchev–Trinajstić information content (AvgIpc) is 2.43. The van der Waals surface area contributed by atoms with Gasteiger partial charge in [0.05, 0.1) is 5.02 Å². The van der Waals surface area contributed by atoms with Crippen molar-refractivity contribution >= 4 is 11.6 Å². The molecule has 3 nitrogen and oxygen atoms in total. The molecule has 0 bridgehead atoms. The van der Waals surface area contributed by atoms with E-state index in [1.165, 1.54) is 6.07 Å². The maximum absolute atomic E-state index is 13.7. The van der Waals surface area contributed by atoms with Crippen molar-refractivity contribution in [3.05, 3.63) is 34.6 Å². The molecule has 1 unspecified atom stereocenters. The number of rotatable bonds is 3. The summed E-state index contributed by atoms with van der Waals surface area (Å²) in [5.74, 6) is -0.374.